The lowest BCUT2D eigenvalue weighted by Crippen LogP contribution is -2.23. The molecule has 0 spiro atoms. The number of rotatable bonds is 4. The molecule has 0 atom stereocenters. The maximum absolute atomic E-state index is 10.8. The van der Waals surface area contributed by atoms with E-state index in [1.54, 1.807) is 0 Å². The van der Waals surface area contributed by atoms with Crippen LogP contribution in [0.4, 0.5) is 0 Å². The van der Waals surface area contributed by atoms with Crippen LogP contribution in [0, 0.1) is 0 Å². The maximum atomic E-state index is 10.8. The minimum absolute atomic E-state index is 0.321. The quantitative estimate of drug-likeness (QED) is 0.754. The van der Waals surface area contributed by atoms with E-state index >= 15 is 0 Å². The first kappa shape index (κ1) is 12.0. The van der Waals surface area contributed by atoms with Crippen molar-refractivity contribution in [2.75, 3.05) is 0 Å². The van der Waals surface area contributed by atoms with Crippen LogP contribution < -0.4 is 0 Å². The van der Waals surface area contributed by atoms with Gasteiger partial charge in [0, 0.05) is 0 Å². The van der Waals surface area contributed by atoms with Gasteiger partial charge >= 0.3 is 8.69 Å². The first-order valence-corrected chi connectivity index (χ1v) is 6.12. The molecule has 2 aromatic rings. The van der Waals surface area contributed by atoms with Crippen molar-refractivity contribution in [1.29, 1.82) is 0 Å². The lowest BCUT2D eigenvalue weighted by molar-refractivity contribution is 0.152. The van der Waals surface area contributed by atoms with Crippen LogP contribution in [-0.4, -0.2) is 0 Å². The van der Waals surface area contributed by atoms with Gasteiger partial charge in [0.1, 0.15) is 5.60 Å². The second-order valence-electron chi connectivity index (χ2n) is 3.93. The van der Waals surface area contributed by atoms with Crippen molar-refractivity contribution in [2.45, 2.75) is 12.5 Å². The Morgan fingerprint density at radius 1 is 0.882 bits per heavy atom. The highest BCUT2D eigenvalue weighted by atomic mass is 31.1. The first-order valence-electron chi connectivity index (χ1n) is 5.39. The highest BCUT2D eigenvalue weighted by Gasteiger charge is 2.30. The molecule has 0 aromatic heterocycles. The smallest absolute Gasteiger partial charge is 0.278 e. The summed E-state index contributed by atoms with van der Waals surface area (Å²) in [5, 5.41) is 0. The predicted molar refractivity (Wildman–Crippen MR) is 68.0 cm³/mol. The summed E-state index contributed by atoms with van der Waals surface area (Å²) >= 11 is 0. The normalized spacial score (nSPS) is 11.6. The Hall–Kier alpha value is -1.50. The average molecular weight is 244 g/mol. The van der Waals surface area contributed by atoms with Crippen LogP contribution in [0.2, 0.25) is 0 Å². The molecule has 17 heavy (non-hydrogen) atoms. The summed E-state index contributed by atoms with van der Waals surface area (Å²) in [6, 6.07) is 19.6. The first-order chi connectivity index (χ1) is 8.27. The maximum Gasteiger partial charge on any atom is 0.328 e. The van der Waals surface area contributed by atoms with Gasteiger partial charge in [-0.2, -0.15) is 0 Å². The molecule has 0 unspecified atom stereocenters. The van der Waals surface area contributed by atoms with E-state index in [0.717, 1.165) is 11.1 Å². The van der Waals surface area contributed by atoms with Gasteiger partial charge in [-0.15, -0.1) is 0 Å². The fourth-order valence-corrected chi connectivity index (χ4v) is 2.22. The van der Waals surface area contributed by atoms with Gasteiger partial charge in [0.15, 0.2) is 0 Å². The third kappa shape index (κ3) is 2.44. The summed E-state index contributed by atoms with van der Waals surface area (Å²) in [5.41, 5.74) is 1.27. The summed E-state index contributed by atoms with van der Waals surface area (Å²) < 4.78 is 16.3. The molecule has 0 saturated heterocycles. The van der Waals surface area contributed by atoms with Crippen LogP contribution in [0.3, 0.4) is 0 Å². The highest BCUT2D eigenvalue weighted by molar-refractivity contribution is 7.17. The second kappa shape index (κ2) is 5.22. The molecule has 0 radical (unpaired) electrons. The number of benzene rings is 2. The Morgan fingerprint density at radius 2 is 1.29 bits per heavy atom. The molecule has 86 valence electrons. The SMILES string of the molecule is CC(OP=O)(c1ccccc1)c1ccccc1. The van der Waals surface area contributed by atoms with Crippen molar-refractivity contribution >= 4 is 8.69 Å². The largest absolute Gasteiger partial charge is 0.328 e. The molecule has 2 nitrogen and oxygen atoms in total. The van der Waals surface area contributed by atoms with Crippen molar-refractivity contribution in [3.63, 3.8) is 0 Å². The molecular formula is C14H13O2P. The van der Waals surface area contributed by atoms with Crippen molar-refractivity contribution in [3.05, 3.63) is 71.8 Å². The third-order valence-electron chi connectivity index (χ3n) is 2.87. The average Bonchev–Trinajstić information content (AvgIpc) is 2.41. The Morgan fingerprint density at radius 3 is 1.65 bits per heavy atom. The summed E-state index contributed by atoms with van der Waals surface area (Å²) in [4.78, 5) is 0. The van der Waals surface area contributed by atoms with Gasteiger partial charge in [-0.1, -0.05) is 60.7 Å². The van der Waals surface area contributed by atoms with Crippen LogP contribution in [0.25, 0.3) is 0 Å². The molecule has 0 amide bonds. The third-order valence-corrected chi connectivity index (χ3v) is 3.31. The summed E-state index contributed by atoms with van der Waals surface area (Å²) in [7, 11) is -0.321. The minimum atomic E-state index is -0.689. The Balaban J connectivity index is 2.50. The van der Waals surface area contributed by atoms with E-state index in [2.05, 4.69) is 0 Å². The zero-order chi connectivity index (χ0) is 12.1. The lowest BCUT2D eigenvalue weighted by atomic mass is 9.88. The van der Waals surface area contributed by atoms with E-state index in [9.17, 15) is 4.57 Å². The van der Waals surface area contributed by atoms with Crippen LogP contribution in [0.5, 0.6) is 0 Å². The van der Waals surface area contributed by atoms with Gasteiger partial charge in [0.25, 0.3) is 0 Å². The Kier molecular flexibility index (Phi) is 3.68. The van der Waals surface area contributed by atoms with E-state index in [-0.39, 0.29) is 8.69 Å². The molecule has 0 fully saturated rings. The monoisotopic (exact) mass is 244 g/mol. The molecule has 0 aliphatic rings. The van der Waals surface area contributed by atoms with Gasteiger partial charge in [0.05, 0.1) is 0 Å². The van der Waals surface area contributed by atoms with Crippen LogP contribution in [0.15, 0.2) is 60.7 Å². The Bertz CT molecular complexity index is 443. The van der Waals surface area contributed by atoms with Crippen molar-refractivity contribution in [1.82, 2.24) is 0 Å². The molecule has 2 aromatic carbocycles. The van der Waals surface area contributed by atoms with Gasteiger partial charge in [0.2, 0.25) is 0 Å². The highest BCUT2D eigenvalue weighted by Crippen LogP contribution is 2.35. The van der Waals surface area contributed by atoms with Gasteiger partial charge < -0.3 is 0 Å². The molecule has 3 heteroatoms. The fourth-order valence-electron chi connectivity index (χ4n) is 1.86. The number of hydrogen-bond donors (Lipinski definition) is 0. The molecule has 2 rings (SSSR count). The fraction of sp³-hybridized carbons (Fsp3) is 0.143. The topological polar surface area (TPSA) is 26.3 Å². The summed E-state index contributed by atoms with van der Waals surface area (Å²) in [6.07, 6.45) is 0. The van der Waals surface area contributed by atoms with Crippen LogP contribution >= 0.6 is 8.69 Å². The molecule has 0 saturated carbocycles. The van der Waals surface area contributed by atoms with E-state index in [1.807, 2.05) is 67.6 Å². The summed E-state index contributed by atoms with van der Waals surface area (Å²) in [5.74, 6) is 0. The lowest BCUT2D eigenvalue weighted by Gasteiger charge is -2.27. The van der Waals surface area contributed by atoms with Crippen LogP contribution in [0.1, 0.15) is 18.1 Å². The van der Waals surface area contributed by atoms with E-state index in [1.165, 1.54) is 0 Å². The Labute approximate surface area is 103 Å². The van der Waals surface area contributed by atoms with Crippen molar-refractivity contribution < 1.29 is 9.09 Å². The van der Waals surface area contributed by atoms with Crippen LogP contribution in [-0.2, 0) is 14.7 Å². The molecule has 0 aliphatic heterocycles. The van der Waals surface area contributed by atoms with E-state index in [0.29, 0.717) is 0 Å². The molecule has 0 bridgehead atoms. The van der Waals surface area contributed by atoms with E-state index in [4.69, 9.17) is 4.52 Å². The van der Waals surface area contributed by atoms with E-state index < -0.39 is 5.60 Å². The van der Waals surface area contributed by atoms with Gasteiger partial charge in [-0.25, -0.2) is 4.57 Å². The predicted octanol–water partition coefficient (Wildman–Crippen LogP) is 4.17. The van der Waals surface area contributed by atoms with Gasteiger partial charge in [-0.3, -0.25) is 4.52 Å². The molecular weight excluding hydrogens is 231 g/mol. The zero-order valence-corrected chi connectivity index (χ0v) is 10.4. The number of hydrogen-bond acceptors (Lipinski definition) is 2. The molecule has 0 heterocycles. The van der Waals surface area contributed by atoms with Crippen molar-refractivity contribution in [3.8, 4) is 0 Å². The summed E-state index contributed by atoms with van der Waals surface area (Å²) in [6.45, 7) is 1.92. The minimum Gasteiger partial charge on any atom is -0.278 e. The molecule has 0 aliphatic carbocycles. The van der Waals surface area contributed by atoms with Crippen molar-refractivity contribution in [2.24, 2.45) is 0 Å². The zero-order valence-electron chi connectivity index (χ0n) is 9.54. The molecule has 0 N–H and O–H groups in total. The van der Waals surface area contributed by atoms with Gasteiger partial charge in [-0.05, 0) is 18.1 Å². The second-order valence-corrected chi connectivity index (χ2v) is 4.26. The standard InChI is InChI=1S/C14H13O2P/c1-14(16-17-15,12-8-4-2-5-9-12)13-10-6-3-7-11-13/h2-11H,1H3.